The summed E-state index contributed by atoms with van der Waals surface area (Å²) < 4.78 is 4.92. The summed E-state index contributed by atoms with van der Waals surface area (Å²) >= 11 is 0. The van der Waals surface area contributed by atoms with E-state index in [0.717, 1.165) is 6.54 Å². The lowest BCUT2D eigenvalue weighted by Crippen LogP contribution is -2.27. The molecule has 0 bridgehead atoms. The van der Waals surface area contributed by atoms with Crippen molar-refractivity contribution in [2.45, 2.75) is 27.3 Å². The molecule has 0 aromatic heterocycles. The fraction of sp³-hybridized carbons (Fsp3) is 0.500. The zero-order chi connectivity index (χ0) is 12.8. The molecule has 1 aromatic rings. The molecule has 0 spiro atoms. The number of likely N-dealkylation sites (N-methyl/N-ethyl adjacent to an activating group) is 1. The fourth-order valence-electron chi connectivity index (χ4n) is 1.74. The normalized spacial score (nSPS) is 10.6. The van der Waals surface area contributed by atoms with Crippen LogP contribution in [0.2, 0.25) is 0 Å². The number of hydrogen-bond acceptors (Lipinski definition) is 3. The van der Waals surface area contributed by atoms with Gasteiger partial charge in [0.1, 0.15) is 0 Å². The van der Waals surface area contributed by atoms with Gasteiger partial charge in [-0.05, 0) is 38.9 Å². The third-order valence-corrected chi connectivity index (χ3v) is 2.65. The van der Waals surface area contributed by atoms with Crippen LogP contribution in [0.1, 0.15) is 23.6 Å². The first-order valence-electron chi connectivity index (χ1n) is 5.93. The average molecular weight is 235 g/mol. The second kappa shape index (κ2) is 6.40. The van der Waals surface area contributed by atoms with E-state index < -0.39 is 0 Å². The maximum Gasteiger partial charge on any atom is 0.320 e. The molecule has 17 heavy (non-hydrogen) atoms. The van der Waals surface area contributed by atoms with E-state index in [1.165, 1.54) is 16.7 Å². The number of esters is 1. The first kappa shape index (κ1) is 13.7. The van der Waals surface area contributed by atoms with E-state index in [-0.39, 0.29) is 5.97 Å². The van der Waals surface area contributed by atoms with Crippen LogP contribution in [0.25, 0.3) is 0 Å². The van der Waals surface area contributed by atoms with Crippen LogP contribution in [0.15, 0.2) is 18.2 Å². The number of benzene rings is 1. The predicted molar refractivity (Wildman–Crippen MR) is 68.9 cm³/mol. The summed E-state index contributed by atoms with van der Waals surface area (Å²) in [5, 5.41) is 0. The lowest BCUT2D eigenvalue weighted by molar-refractivity contribution is -0.144. The zero-order valence-corrected chi connectivity index (χ0v) is 11.1. The largest absolute Gasteiger partial charge is 0.465 e. The Labute approximate surface area is 103 Å². The molecule has 0 saturated carbocycles. The summed E-state index contributed by atoms with van der Waals surface area (Å²) in [7, 11) is 1.93. The van der Waals surface area contributed by atoms with Crippen LogP contribution in [-0.2, 0) is 16.1 Å². The molecule has 0 saturated heterocycles. The lowest BCUT2D eigenvalue weighted by Gasteiger charge is -2.17. The van der Waals surface area contributed by atoms with Gasteiger partial charge in [0.2, 0.25) is 0 Å². The topological polar surface area (TPSA) is 29.5 Å². The summed E-state index contributed by atoms with van der Waals surface area (Å²) in [4.78, 5) is 13.3. The Hall–Kier alpha value is -1.35. The number of ether oxygens (including phenoxy) is 1. The molecule has 0 radical (unpaired) electrons. The molecule has 3 heteroatoms. The Kier molecular flexibility index (Phi) is 5.16. The number of hydrogen-bond donors (Lipinski definition) is 0. The summed E-state index contributed by atoms with van der Waals surface area (Å²) in [6.07, 6.45) is 0. The van der Waals surface area contributed by atoms with Gasteiger partial charge in [-0.2, -0.15) is 0 Å². The molecule has 0 amide bonds. The number of carbonyl (C=O) groups excluding carboxylic acids is 1. The van der Waals surface area contributed by atoms with Crippen molar-refractivity contribution in [3.05, 3.63) is 34.9 Å². The number of nitrogens with zero attached hydrogens (tertiary/aromatic N) is 1. The van der Waals surface area contributed by atoms with E-state index in [2.05, 4.69) is 32.0 Å². The van der Waals surface area contributed by atoms with Crippen LogP contribution in [0.4, 0.5) is 0 Å². The highest BCUT2D eigenvalue weighted by atomic mass is 16.5. The SMILES string of the molecule is CCOC(=O)CN(C)Cc1cc(C)ccc1C. The molecule has 0 unspecified atom stereocenters. The Morgan fingerprint density at radius 3 is 2.71 bits per heavy atom. The van der Waals surface area contributed by atoms with Gasteiger partial charge >= 0.3 is 5.97 Å². The van der Waals surface area contributed by atoms with Crippen molar-refractivity contribution >= 4 is 5.97 Å². The second-order valence-electron chi connectivity index (χ2n) is 4.41. The predicted octanol–water partition coefficient (Wildman–Crippen LogP) is 2.30. The zero-order valence-electron chi connectivity index (χ0n) is 11.1. The van der Waals surface area contributed by atoms with Gasteiger partial charge in [-0.25, -0.2) is 0 Å². The quantitative estimate of drug-likeness (QED) is 0.733. The second-order valence-corrected chi connectivity index (χ2v) is 4.41. The van der Waals surface area contributed by atoms with Crippen molar-refractivity contribution in [3.63, 3.8) is 0 Å². The maximum atomic E-state index is 11.3. The van der Waals surface area contributed by atoms with Crippen molar-refractivity contribution in [2.24, 2.45) is 0 Å². The van der Waals surface area contributed by atoms with Crippen LogP contribution in [0.5, 0.6) is 0 Å². The highest BCUT2D eigenvalue weighted by Crippen LogP contribution is 2.12. The van der Waals surface area contributed by atoms with Gasteiger partial charge in [-0.3, -0.25) is 9.69 Å². The van der Waals surface area contributed by atoms with Crippen molar-refractivity contribution < 1.29 is 9.53 Å². The fourth-order valence-corrected chi connectivity index (χ4v) is 1.74. The molecule has 0 aliphatic heterocycles. The molecular weight excluding hydrogens is 214 g/mol. The van der Waals surface area contributed by atoms with Crippen molar-refractivity contribution in [1.29, 1.82) is 0 Å². The molecule has 3 nitrogen and oxygen atoms in total. The molecule has 0 aliphatic rings. The average Bonchev–Trinajstić information content (AvgIpc) is 2.23. The molecule has 0 aliphatic carbocycles. The Morgan fingerprint density at radius 1 is 1.35 bits per heavy atom. The third kappa shape index (κ3) is 4.57. The molecular formula is C14H21NO2. The van der Waals surface area contributed by atoms with Gasteiger partial charge in [0, 0.05) is 6.54 Å². The van der Waals surface area contributed by atoms with Gasteiger partial charge in [-0.15, -0.1) is 0 Å². The van der Waals surface area contributed by atoms with E-state index in [9.17, 15) is 4.79 Å². The Bertz CT molecular complexity index is 388. The van der Waals surface area contributed by atoms with Gasteiger partial charge < -0.3 is 4.74 Å². The van der Waals surface area contributed by atoms with Gasteiger partial charge in [0.05, 0.1) is 13.2 Å². The van der Waals surface area contributed by atoms with Crippen LogP contribution < -0.4 is 0 Å². The number of aryl methyl sites for hydroxylation is 2. The van der Waals surface area contributed by atoms with Gasteiger partial charge in [0.15, 0.2) is 0 Å². The van der Waals surface area contributed by atoms with E-state index in [4.69, 9.17) is 4.74 Å². The number of rotatable bonds is 5. The van der Waals surface area contributed by atoms with Crippen LogP contribution in [-0.4, -0.2) is 31.1 Å². The minimum Gasteiger partial charge on any atom is -0.465 e. The summed E-state index contributed by atoms with van der Waals surface area (Å²) in [5.41, 5.74) is 3.76. The minimum absolute atomic E-state index is 0.166. The van der Waals surface area contributed by atoms with E-state index in [1.54, 1.807) is 0 Å². The molecule has 0 atom stereocenters. The first-order chi connectivity index (χ1) is 8.02. The van der Waals surface area contributed by atoms with Crippen LogP contribution in [0, 0.1) is 13.8 Å². The molecule has 94 valence electrons. The Morgan fingerprint density at radius 2 is 2.06 bits per heavy atom. The van der Waals surface area contributed by atoms with E-state index in [0.29, 0.717) is 13.2 Å². The summed E-state index contributed by atoms with van der Waals surface area (Å²) in [6, 6.07) is 6.38. The van der Waals surface area contributed by atoms with Gasteiger partial charge in [-0.1, -0.05) is 23.8 Å². The molecule has 1 aromatic carbocycles. The lowest BCUT2D eigenvalue weighted by atomic mass is 10.1. The van der Waals surface area contributed by atoms with Crippen LogP contribution in [0.3, 0.4) is 0 Å². The van der Waals surface area contributed by atoms with Crippen molar-refractivity contribution in [3.8, 4) is 0 Å². The van der Waals surface area contributed by atoms with Crippen molar-refractivity contribution in [1.82, 2.24) is 4.90 Å². The highest BCUT2D eigenvalue weighted by molar-refractivity contribution is 5.71. The summed E-state index contributed by atoms with van der Waals surface area (Å²) in [5.74, 6) is -0.166. The minimum atomic E-state index is -0.166. The molecule has 0 N–H and O–H groups in total. The molecule has 0 fully saturated rings. The first-order valence-corrected chi connectivity index (χ1v) is 5.93. The van der Waals surface area contributed by atoms with E-state index >= 15 is 0 Å². The van der Waals surface area contributed by atoms with Crippen LogP contribution >= 0.6 is 0 Å². The third-order valence-electron chi connectivity index (χ3n) is 2.65. The molecule has 0 heterocycles. The number of carbonyl (C=O) groups is 1. The van der Waals surface area contributed by atoms with Crippen molar-refractivity contribution in [2.75, 3.05) is 20.2 Å². The monoisotopic (exact) mass is 235 g/mol. The Balaban J connectivity index is 2.58. The standard InChI is InChI=1S/C14H21NO2/c1-5-17-14(16)10-15(4)9-13-8-11(2)6-7-12(13)3/h6-8H,5,9-10H2,1-4H3. The smallest absolute Gasteiger partial charge is 0.320 e. The molecule has 1 rings (SSSR count). The van der Waals surface area contributed by atoms with E-state index in [1.807, 2.05) is 18.9 Å². The summed E-state index contributed by atoms with van der Waals surface area (Å²) in [6.45, 7) is 7.54. The maximum absolute atomic E-state index is 11.3. The van der Waals surface area contributed by atoms with Gasteiger partial charge in [0.25, 0.3) is 0 Å². The highest BCUT2D eigenvalue weighted by Gasteiger charge is 2.08.